The van der Waals surface area contributed by atoms with Gasteiger partial charge in [0, 0.05) is 29.6 Å². The molecule has 1 saturated carbocycles. The smallest absolute Gasteiger partial charge is 0.407 e. The number of likely N-dealkylation sites (N-methyl/N-ethyl adjacent to an activating group) is 1. The summed E-state index contributed by atoms with van der Waals surface area (Å²) < 4.78 is 51.5. The second-order valence-corrected chi connectivity index (χ2v) is 15.2. The zero-order valence-corrected chi connectivity index (χ0v) is 32.0. The van der Waals surface area contributed by atoms with E-state index in [9.17, 15) is 9.59 Å². The molecule has 2 aromatic carbocycles. The topological polar surface area (TPSA) is 80.3 Å². The Kier molecular flexibility index (Phi) is 16.6. The van der Waals surface area contributed by atoms with Crippen LogP contribution in [0.4, 0.5) is 13.6 Å². The third kappa shape index (κ3) is 12.9. The second-order valence-electron chi connectivity index (χ2n) is 13.9. The predicted octanol–water partition coefficient (Wildman–Crippen LogP) is 9.47. The quantitative estimate of drug-likeness (QED) is 0.154. The molecule has 0 radical (unpaired) electrons. The van der Waals surface area contributed by atoms with E-state index in [2.05, 4.69) is 12.2 Å². The molecule has 0 bridgehead atoms. The summed E-state index contributed by atoms with van der Waals surface area (Å²) in [5, 5.41) is 2.85. The molecule has 2 aromatic rings. The first-order valence-electron chi connectivity index (χ1n) is 18.4. The molecule has 4 rings (SSSR count). The van der Waals surface area contributed by atoms with Crippen molar-refractivity contribution in [3.63, 3.8) is 0 Å². The van der Waals surface area contributed by atoms with E-state index >= 15 is 8.78 Å². The third-order valence-corrected chi connectivity index (χ3v) is 9.74. The maximum atomic E-state index is 16.5. The van der Waals surface area contributed by atoms with Crippen molar-refractivity contribution in [2.45, 2.75) is 128 Å². The van der Waals surface area contributed by atoms with Crippen LogP contribution >= 0.6 is 11.9 Å². The molecule has 2 aliphatic rings. The number of rotatable bonds is 14. The molecule has 8 nitrogen and oxygen atoms in total. The van der Waals surface area contributed by atoms with Crippen molar-refractivity contribution in [3.8, 4) is 11.5 Å². The molecule has 1 unspecified atom stereocenters. The Morgan fingerprint density at radius 3 is 2.08 bits per heavy atom. The Bertz CT molecular complexity index is 1290. The zero-order valence-electron chi connectivity index (χ0n) is 31.1. The number of carbonyl (C=O) groups excluding carboxylic acids is 2. The Balaban J connectivity index is 0.00000332. The summed E-state index contributed by atoms with van der Waals surface area (Å²) in [6.45, 7) is 13.1. The van der Waals surface area contributed by atoms with Gasteiger partial charge in [0.05, 0.1) is 13.2 Å². The number of piperidine rings is 1. The molecule has 50 heavy (non-hydrogen) atoms. The van der Waals surface area contributed by atoms with E-state index in [0.717, 1.165) is 35.4 Å². The fraction of sp³-hybridized carbons (Fsp3) is 0.641. The lowest BCUT2D eigenvalue weighted by Gasteiger charge is -2.39. The van der Waals surface area contributed by atoms with Crippen LogP contribution in [-0.4, -0.2) is 72.2 Å². The Labute approximate surface area is 303 Å². The molecule has 0 spiro atoms. The van der Waals surface area contributed by atoms with Gasteiger partial charge in [0.25, 0.3) is 5.92 Å². The van der Waals surface area contributed by atoms with Crippen LogP contribution in [0, 0.1) is 5.92 Å². The van der Waals surface area contributed by atoms with Gasteiger partial charge in [0.1, 0.15) is 17.1 Å². The summed E-state index contributed by atoms with van der Waals surface area (Å²) in [5.41, 5.74) is -0.895. The molecule has 2 amide bonds. The van der Waals surface area contributed by atoms with Crippen LogP contribution in [-0.2, 0) is 15.5 Å². The van der Waals surface area contributed by atoms with Gasteiger partial charge in [-0.25, -0.2) is 9.10 Å². The molecule has 1 heterocycles. The SMILES string of the molecule is CC.CCCCOc1ccc(C(F)(F)C(C(=O)N2CCC(NC(=O)OC(C)(C)C)CC2)N(C)Sc2ccc(OCC3CCCCC3)cc2)cc1. The molecule has 11 heteroatoms. The molecule has 1 N–H and O–H groups in total. The monoisotopic (exact) mass is 719 g/mol. The highest BCUT2D eigenvalue weighted by Crippen LogP contribution is 2.40. The highest BCUT2D eigenvalue weighted by molar-refractivity contribution is 7.97. The fourth-order valence-corrected chi connectivity index (χ4v) is 7.00. The summed E-state index contributed by atoms with van der Waals surface area (Å²) in [6, 6.07) is 11.1. The van der Waals surface area contributed by atoms with Crippen LogP contribution in [0.15, 0.2) is 53.4 Å². The largest absolute Gasteiger partial charge is 0.494 e. The molecule has 280 valence electrons. The third-order valence-electron chi connectivity index (χ3n) is 8.76. The fourth-order valence-electron chi connectivity index (χ4n) is 6.08. The molecule has 2 fully saturated rings. The second kappa shape index (κ2) is 20.1. The standard InChI is InChI=1S/C37H53F2N3O5S.C2H6/c1-6-7-25-45-30-15-13-28(14-16-30)37(38,39)33(34(43)42-23-21-29(22-24-42)40-35(44)47-36(2,3)4)41(5)48-32-19-17-31(18-20-32)46-26-27-11-9-8-10-12-27;1-2/h13-20,27,29,33H,6-12,21-26H2,1-5H3,(H,40,44);1-2H3. The van der Waals surface area contributed by atoms with Crippen molar-refractivity contribution < 1.29 is 32.6 Å². The van der Waals surface area contributed by atoms with Crippen LogP contribution in [0.2, 0.25) is 0 Å². The number of ether oxygens (including phenoxy) is 3. The molecule has 1 atom stereocenters. The van der Waals surface area contributed by atoms with E-state index in [4.69, 9.17) is 14.2 Å². The average molecular weight is 720 g/mol. The number of hydrogen-bond donors (Lipinski definition) is 1. The highest BCUT2D eigenvalue weighted by atomic mass is 32.2. The van der Waals surface area contributed by atoms with Gasteiger partial charge in [0.15, 0.2) is 6.04 Å². The van der Waals surface area contributed by atoms with Gasteiger partial charge in [0.2, 0.25) is 5.91 Å². The summed E-state index contributed by atoms with van der Waals surface area (Å²) in [7, 11) is 1.54. The van der Waals surface area contributed by atoms with Gasteiger partial charge in [-0.1, -0.05) is 46.5 Å². The molecule has 1 aliphatic heterocycles. The zero-order chi connectivity index (χ0) is 36.7. The number of nitrogens with zero attached hydrogens (tertiary/aromatic N) is 2. The predicted molar refractivity (Wildman–Crippen MR) is 197 cm³/mol. The molecule has 1 saturated heterocycles. The first-order chi connectivity index (χ1) is 23.9. The van der Waals surface area contributed by atoms with Gasteiger partial charge in [-0.2, -0.15) is 8.78 Å². The van der Waals surface area contributed by atoms with Gasteiger partial charge in [-0.05, 0) is 126 Å². The summed E-state index contributed by atoms with van der Waals surface area (Å²) >= 11 is 1.10. The number of alkyl carbamates (subject to hydrolysis) is 1. The minimum atomic E-state index is -3.52. The van der Waals surface area contributed by atoms with Crippen molar-refractivity contribution in [2.24, 2.45) is 5.92 Å². The lowest BCUT2D eigenvalue weighted by Crippen LogP contribution is -2.56. The Morgan fingerprint density at radius 2 is 1.50 bits per heavy atom. The van der Waals surface area contributed by atoms with Crippen molar-refractivity contribution in [1.29, 1.82) is 0 Å². The average Bonchev–Trinajstić information content (AvgIpc) is 3.09. The van der Waals surface area contributed by atoms with Crippen molar-refractivity contribution in [3.05, 3.63) is 54.1 Å². The normalized spacial score (nSPS) is 16.6. The molecular weight excluding hydrogens is 661 g/mol. The number of halogens is 2. The van der Waals surface area contributed by atoms with E-state index in [0.29, 0.717) is 37.7 Å². The van der Waals surface area contributed by atoms with E-state index < -0.39 is 29.6 Å². The lowest BCUT2D eigenvalue weighted by molar-refractivity contribution is -0.151. The van der Waals surface area contributed by atoms with Gasteiger partial charge < -0.3 is 24.4 Å². The van der Waals surface area contributed by atoms with Crippen LogP contribution in [0.1, 0.15) is 105 Å². The van der Waals surface area contributed by atoms with Crippen LogP contribution in [0.3, 0.4) is 0 Å². The minimum Gasteiger partial charge on any atom is -0.494 e. The first-order valence-corrected chi connectivity index (χ1v) is 19.2. The van der Waals surface area contributed by atoms with E-state index in [1.807, 2.05) is 38.1 Å². The van der Waals surface area contributed by atoms with Crippen LogP contribution in [0.25, 0.3) is 0 Å². The summed E-state index contributed by atoms with van der Waals surface area (Å²) in [4.78, 5) is 28.5. The summed E-state index contributed by atoms with van der Waals surface area (Å²) in [6.07, 6.45) is 8.35. The first kappa shape index (κ1) is 41.4. The lowest BCUT2D eigenvalue weighted by atomic mass is 9.90. The number of amides is 2. The van der Waals surface area contributed by atoms with Gasteiger partial charge in [-0.3, -0.25) is 4.79 Å². The van der Waals surface area contributed by atoms with Gasteiger partial charge in [-0.15, -0.1) is 0 Å². The van der Waals surface area contributed by atoms with Crippen molar-refractivity contribution >= 4 is 23.9 Å². The van der Waals surface area contributed by atoms with E-state index in [1.54, 1.807) is 20.8 Å². The van der Waals surface area contributed by atoms with Crippen LogP contribution in [0.5, 0.6) is 11.5 Å². The van der Waals surface area contributed by atoms with E-state index in [-0.39, 0.29) is 24.7 Å². The Morgan fingerprint density at radius 1 is 0.920 bits per heavy atom. The number of hydrogen-bond acceptors (Lipinski definition) is 7. The van der Waals surface area contributed by atoms with Gasteiger partial charge >= 0.3 is 6.09 Å². The number of unbranched alkanes of at least 4 members (excludes halogenated alkanes) is 1. The van der Waals surface area contributed by atoms with Crippen molar-refractivity contribution in [1.82, 2.24) is 14.5 Å². The Hall–Kier alpha value is -3.05. The van der Waals surface area contributed by atoms with E-state index in [1.165, 1.54) is 72.6 Å². The number of benzene rings is 2. The molecule has 0 aromatic heterocycles. The molecule has 1 aliphatic carbocycles. The minimum absolute atomic E-state index is 0.214. The number of likely N-dealkylation sites (tertiary alicyclic amines) is 1. The van der Waals surface area contributed by atoms with Crippen molar-refractivity contribution in [2.75, 3.05) is 33.4 Å². The number of alkyl halides is 2. The number of carbonyl (C=O) groups is 2. The maximum absolute atomic E-state index is 16.5. The highest BCUT2D eigenvalue weighted by Gasteiger charge is 2.50. The number of nitrogens with one attached hydrogen (secondary N) is 1. The maximum Gasteiger partial charge on any atom is 0.407 e. The summed E-state index contributed by atoms with van der Waals surface area (Å²) in [5.74, 6) is -2.35. The molecular formula is C39H59F2N3O5S. The van der Waals surface area contributed by atoms with Crippen LogP contribution < -0.4 is 14.8 Å².